The standard InChI is InChI=1S/C18H20N2O5S/c1-12-6-13(2)8-14(7-12)19-18(21)10-20(26(3,22)23)15-4-5-16-17(9-15)25-11-24-16/h4-9H,10-11H2,1-3H3,(H,19,21). The number of aryl methyl sites for hydroxylation is 2. The summed E-state index contributed by atoms with van der Waals surface area (Å²) < 4.78 is 36.0. The van der Waals surface area contributed by atoms with E-state index < -0.39 is 15.9 Å². The molecule has 3 rings (SSSR count). The Morgan fingerprint density at radius 2 is 1.73 bits per heavy atom. The number of anilines is 2. The summed E-state index contributed by atoms with van der Waals surface area (Å²) in [6.45, 7) is 3.60. The van der Waals surface area contributed by atoms with Crippen LogP contribution in [0.1, 0.15) is 11.1 Å². The molecule has 1 N–H and O–H groups in total. The predicted molar refractivity (Wildman–Crippen MR) is 99.3 cm³/mol. The highest BCUT2D eigenvalue weighted by molar-refractivity contribution is 7.92. The molecule has 1 amide bonds. The number of nitrogens with one attached hydrogen (secondary N) is 1. The minimum absolute atomic E-state index is 0.0882. The van der Waals surface area contributed by atoms with Gasteiger partial charge in [0.15, 0.2) is 11.5 Å². The Bertz CT molecular complexity index is 936. The molecule has 0 spiro atoms. The van der Waals surface area contributed by atoms with Gasteiger partial charge >= 0.3 is 0 Å². The van der Waals surface area contributed by atoms with Crippen LogP contribution in [0.25, 0.3) is 0 Å². The summed E-state index contributed by atoms with van der Waals surface area (Å²) in [5.41, 5.74) is 2.99. The number of carbonyl (C=O) groups excluding carboxylic acids is 1. The summed E-state index contributed by atoms with van der Waals surface area (Å²) in [5.74, 6) is 0.561. The van der Waals surface area contributed by atoms with Gasteiger partial charge in [0, 0.05) is 11.8 Å². The Kier molecular flexibility index (Phi) is 4.78. The first-order valence-electron chi connectivity index (χ1n) is 7.98. The average molecular weight is 376 g/mol. The number of benzene rings is 2. The Balaban J connectivity index is 1.82. The van der Waals surface area contributed by atoms with Crippen molar-refractivity contribution in [1.29, 1.82) is 0 Å². The Morgan fingerprint density at radius 1 is 1.08 bits per heavy atom. The number of amides is 1. The third kappa shape index (κ3) is 4.08. The monoisotopic (exact) mass is 376 g/mol. The summed E-state index contributed by atoms with van der Waals surface area (Å²) in [5, 5.41) is 2.75. The molecule has 1 heterocycles. The van der Waals surface area contributed by atoms with Crippen LogP contribution in [0.3, 0.4) is 0 Å². The summed E-state index contributed by atoms with van der Waals surface area (Å²) >= 11 is 0. The topological polar surface area (TPSA) is 84.9 Å². The number of hydrogen-bond acceptors (Lipinski definition) is 5. The van der Waals surface area contributed by atoms with Gasteiger partial charge in [0.25, 0.3) is 0 Å². The van der Waals surface area contributed by atoms with Gasteiger partial charge < -0.3 is 14.8 Å². The number of hydrogen-bond donors (Lipinski definition) is 1. The van der Waals surface area contributed by atoms with Crippen molar-refractivity contribution < 1.29 is 22.7 Å². The fourth-order valence-electron chi connectivity index (χ4n) is 2.82. The molecule has 0 bridgehead atoms. The maximum absolute atomic E-state index is 12.4. The van der Waals surface area contributed by atoms with E-state index in [4.69, 9.17) is 9.47 Å². The molecular formula is C18H20N2O5S. The maximum atomic E-state index is 12.4. The second kappa shape index (κ2) is 6.87. The van der Waals surface area contributed by atoms with Crippen molar-refractivity contribution in [3.63, 3.8) is 0 Å². The molecular weight excluding hydrogens is 356 g/mol. The summed E-state index contributed by atoms with van der Waals surface area (Å²) in [6.07, 6.45) is 1.06. The molecule has 2 aromatic rings. The van der Waals surface area contributed by atoms with Gasteiger partial charge in [0.2, 0.25) is 22.7 Å². The largest absolute Gasteiger partial charge is 0.454 e. The minimum Gasteiger partial charge on any atom is -0.454 e. The second-order valence-corrected chi connectivity index (χ2v) is 8.14. The number of nitrogens with zero attached hydrogens (tertiary/aromatic N) is 1. The van der Waals surface area contributed by atoms with Gasteiger partial charge in [0.1, 0.15) is 6.54 Å². The van der Waals surface area contributed by atoms with E-state index in [0.29, 0.717) is 22.9 Å². The van der Waals surface area contributed by atoms with Crippen molar-refractivity contribution in [1.82, 2.24) is 0 Å². The lowest BCUT2D eigenvalue weighted by Crippen LogP contribution is -2.37. The van der Waals surface area contributed by atoms with Crippen molar-refractivity contribution in [2.45, 2.75) is 13.8 Å². The molecule has 0 saturated carbocycles. The highest BCUT2D eigenvalue weighted by Gasteiger charge is 2.23. The molecule has 8 heteroatoms. The van der Waals surface area contributed by atoms with Gasteiger partial charge in [-0.15, -0.1) is 0 Å². The van der Waals surface area contributed by atoms with Crippen LogP contribution in [-0.2, 0) is 14.8 Å². The van der Waals surface area contributed by atoms with Crippen molar-refractivity contribution in [2.24, 2.45) is 0 Å². The van der Waals surface area contributed by atoms with Crippen molar-refractivity contribution in [2.75, 3.05) is 29.2 Å². The van der Waals surface area contributed by atoms with E-state index in [9.17, 15) is 13.2 Å². The Morgan fingerprint density at radius 3 is 2.38 bits per heavy atom. The SMILES string of the molecule is Cc1cc(C)cc(NC(=O)CN(c2ccc3c(c2)OCO3)S(C)(=O)=O)c1. The average Bonchev–Trinajstić information content (AvgIpc) is 2.98. The molecule has 0 unspecified atom stereocenters. The molecule has 0 aromatic heterocycles. The van der Waals surface area contributed by atoms with Crippen molar-refractivity contribution >= 4 is 27.3 Å². The zero-order chi connectivity index (χ0) is 18.9. The normalized spacial score (nSPS) is 12.7. The first kappa shape index (κ1) is 18.1. The van der Waals surface area contributed by atoms with Crippen LogP contribution in [-0.4, -0.2) is 33.9 Å². The zero-order valence-corrected chi connectivity index (χ0v) is 15.6. The van der Waals surface area contributed by atoms with Crippen molar-refractivity contribution in [3.05, 3.63) is 47.5 Å². The molecule has 0 fully saturated rings. The quantitative estimate of drug-likeness (QED) is 0.866. The van der Waals surface area contributed by atoms with Crippen LogP contribution in [0.15, 0.2) is 36.4 Å². The van der Waals surface area contributed by atoms with E-state index in [1.165, 1.54) is 0 Å². The van der Waals surface area contributed by atoms with Gasteiger partial charge in [-0.2, -0.15) is 0 Å². The molecule has 26 heavy (non-hydrogen) atoms. The maximum Gasteiger partial charge on any atom is 0.245 e. The minimum atomic E-state index is -3.66. The fraction of sp³-hybridized carbons (Fsp3) is 0.278. The number of fused-ring (bicyclic) bond motifs is 1. The molecule has 138 valence electrons. The number of rotatable bonds is 5. The number of carbonyl (C=O) groups is 1. The van der Waals surface area contributed by atoms with E-state index in [1.54, 1.807) is 18.2 Å². The molecule has 2 aromatic carbocycles. The van der Waals surface area contributed by atoms with E-state index in [2.05, 4.69) is 5.32 Å². The van der Waals surface area contributed by atoms with Gasteiger partial charge in [-0.1, -0.05) is 6.07 Å². The van der Waals surface area contributed by atoms with Crippen LogP contribution in [0.4, 0.5) is 11.4 Å². The van der Waals surface area contributed by atoms with E-state index in [1.807, 2.05) is 32.0 Å². The summed E-state index contributed by atoms with van der Waals surface area (Å²) in [6, 6.07) is 10.4. The smallest absolute Gasteiger partial charge is 0.245 e. The van der Waals surface area contributed by atoms with Crippen LogP contribution in [0, 0.1) is 13.8 Å². The summed E-state index contributed by atoms with van der Waals surface area (Å²) in [7, 11) is -3.66. The number of ether oxygens (including phenoxy) is 2. The van der Waals surface area contributed by atoms with Gasteiger partial charge in [-0.25, -0.2) is 8.42 Å². The van der Waals surface area contributed by atoms with Gasteiger partial charge in [0.05, 0.1) is 11.9 Å². The molecule has 7 nitrogen and oxygen atoms in total. The third-order valence-corrected chi connectivity index (χ3v) is 4.98. The lowest BCUT2D eigenvalue weighted by Gasteiger charge is -2.22. The Labute approximate surface area is 152 Å². The summed E-state index contributed by atoms with van der Waals surface area (Å²) in [4.78, 5) is 12.4. The fourth-order valence-corrected chi connectivity index (χ4v) is 3.67. The van der Waals surface area contributed by atoms with Crippen LogP contribution < -0.4 is 19.1 Å². The lowest BCUT2D eigenvalue weighted by atomic mass is 10.1. The molecule has 1 aliphatic heterocycles. The predicted octanol–water partition coefficient (Wildman–Crippen LogP) is 2.44. The van der Waals surface area contributed by atoms with E-state index >= 15 is 0 Å². The van der Waals surface area contributed by atoms with Crippen LogP contribution in [0.2, 0.25) is 0 Å². The first-order chi connectivity index (χ1) is 12.2. The lowest BCUT2D eigenvalue weighted by molar-refractivity contribution is -0.114. The van der Waals surface area contributed by atoms with Gasteiger partial charge in [-0.3, -0.25) is 9.10 Å². The molecule has 0 saturated heterocycles. The third-order valence-electron chi connectivity index (χ3n) is 3.84. The first-order valence-corrected chi connectivity index (χ1v) is 9.83. The highest BCUT2D eigenvalue weighted by atomic mass is 32.2. The zero-order valence-electron chi connectivity index (χ0n) is 14.8. The van der Waals surface area contributed by atoms with Crippen LogP contribution in [0.5, 0.6) is 11.5 Å². The molecule has 0 radical (unpaired) electrons. The number of sulfonamides is 1. The van der Waals surface area contributed by atoms with E-state index in [-0.39, 0.29) is 13.3 Å². The molecule has 0 aliphatic carbocycles. The van der Waals surface area contributed by atoms with E-state index in [0.717, 1.165) is 21.7 Å². The Hall–Kier alpha value is -2.74. The highest BCUT2D eigenvalue weighted by Crippen LogP contribution is 2.36. The van der Waals surface area contributed by atoms with Gasteiger partial charge in [-0.05, 0) is 49.2 Å². The van der Waals surface area contributed by atoms with Crippen LogP contribution >= 0.6 is 0 Å². The molecule has 0 atom stereocenters. The van der Waals surface area contributed by atoms with Crippen molar-refractivity contribution in [3.8, 4) is 11.5 Å². The second-order valence-electron chi connectivity index (χ2n) is 6.23. The molecule has 1 aliphatic rings.